The van der Waals surface area contributed by atoms with Crippen LogP contribution in [0.4, 0.5) is 0 Å². The molecule has 0 unspecified atom stereocenters. The summed E-state index contributed by atoms with van der Waals surface area (Å²) in [5.41, 5.74) is 3.38. The van der Waals surface area contributed by atoms with E-state index in [-0.39, 0.29) is 0 Å². The molecule has 0 amide bonds. The lowest BCUT2D eigenvalue weighted by Gasteiger charge is -2.00. The molecule has 2 rings (SSSR count). The number of rotatable bonds is 2. The summed E-state index contributed by atoms with van der Waals surface area (Å²) >= 11 is 0. The molecule has 0 aliphatic rings. The average Bonchev–Trinajstić information content (AvgIpc) is 2.19. The van der Waals surface area contributed by atoms with Gasteiger partial charge in [-0.1, -0.05) is 30.3 Å². The van der Waals surface area contributed by atoms with Crippen molar-refractivity contribution in [3.05, 3.63) is 59.7 Å². The van der Waals surface area contributed by atoms with Crippen molar-refractivity contribution in [3.63, 3.8) is 0 Å². The molecular weight excluding hydrogens is 172 g/mol. The Morgan fingerprint density at radius 3 is 2.57 bits per heavy atom. The Balaban J connectivity index is 2.19. The Hall–Kier alpha value is -1.70. The number of hydrogen-bond donors (Lipinski definition) is 0. The van der Waals surface area contributed by atoms with Crippen molar-refractivity contribution >= 4 is 0 Å². The molecule has 0 saturated heterocycles. The zero-order valence-electron chi connectivity index (χ0n) is 8.14. The monoisotopic (exact) mass is 184 g/mol. The first-order valence-corrected chi connectivity index (χ1v) is 4.66. The largest absolute Gasteiger partial charge is 0.242 e. The number of hydrogen-bond acceptors (Lipinski definition) is 2. The molecule has 2 aromatic rings. The molecule has 1 aromatic carbocycles. The first-order chi connectivity index (χ1) is 6.84. The molecule has 2 nitrogen and oxygen atoms in total. The summed E-state index contributed by atoms with van der Waals surface area (Å²) < 4.78 is 0. The zero-order chi connectivity index (χ0) is 9.80. The minimum Gasteiger partial charge on any atom is -0.242 e. The van der Waals surface area contributed by atoms with Crippen LogP contribution in [-0.4, -0.2) is 9.97 Å². The van der Waals surface area contributed by atoms with Gasteiger partial charge in [0.25, 0.3) is 0 Å². The van der Waals surface area contributed by atoms with E-state index in [2.05, 4.69) is 22.1 Å². The number of aryl methyl sites for hydroxylation is 1. The molecular formula is C12H12N2. The van der Waals surface area contributed by atoms with Crippen LogP contribution in [0.3, 0.4) is 0 Å². The van der Waals surface area contributed by atoms with E-state index < -0.39 is 0 Å². The average molecular weight is 184 g/mol. The molecule has 0 fully saturated rings. The van der Waals surface area contributed by atoms with Gasteiger partial charge in [-0.3, -0.25) is 0 Å². The molecule has 1 heterocycles. The molecule has 0 aliphatic carbocycles. The highest BCUT2D eigenvalue weighted by Crippen LogP contribution is 2.06. The van der Waals surface area contributed by atoms with Crippen LogP contribution in [0.1, 0.15) is 17.0 Å². The highest BCUT2D eigenvalue weighted by molar-refractivity contribution is 5.21. The lowest BCUT2D eigenvalue weighted by molar-refractivity contribution is 0.998. The Morgan fingerprint density at radius 2 is 1.86 bits per heavy atom. The fourth-order valence-electron chi connectivity index (χ4n) is 1.41. The Labute approximate surface area is 83.7 Å². The van der Waals surface area contributed by atoms with Gasteiger partial charge in [0.2, 0.25) is 0 Å². The third-order valence-electron chi connectivity index (χ3n) is 2.09. The SMILES string of the molecule is Cc1cc(Cc2ccccc2)ncn1. The summed E-state index contributed by atoms with van der Waals surface area (Å²) in [4.78, 5) is 8.29. The standard InChI is InChI=1S/C12H12N2/c1-10-7-12(14-9-13-10)8-11-5-3-2-4-6-11/h2-7,9H,8H2,1H3. The lowest BCUT2D eigenvalue weighted by atomic mass is 10.1. The van der Waals surface area contributed by atoms with Gasteiger partial charge in [0.1, 0.15) is 6.33 Å². The van der Waals surface area contributed by atoms with Crippen LogP contribution in [-0.2, 0) is 6.42 Å². The summed E-state index contributed by atoms with van der Waals surface area (Å²) in [6.45, 7) is 1.98. The normalized spacial score (nSPS) is 10.1. The van der Waals surface area contributed by atoms with Crippen LogP contribution in [0.5, 0.6) is 0 Å². The van der Waals surface area contributed by atoms with Crippen LogP contribution in [0.25, 0.3) is 0 Å². The van der Waals surface area contributed by atoms with Crippen LogP contribution in [0, 0.1) is 6.92 Å². The van der Waals surface area contributed by atoms with E-state index in [0.717, 1.165) is 17.8 Å². The molecule has 1 aromatic heterocycles. The molecule has 14 heavy (non-hydrogen) atoms. The van der Waals surface area contributed by atoms with E-state index in [1.807, 2.05) is 31.2 Å². The van der Waals surface area contributed by atoms with Crippen LogP contribution >= 0.6 is 0 Å². The topological polar surface area (TPSA) is 25.8 Å². The second-order valence-corrected chi connectivity index (χ2v) is 3.31. The van der Waals surface area contributed by atoms with E-state index in [1.54, 1.807) is 6.33 Å². The van der Waals surface area contributed by atoms with Crippen LogP contribution < -0.4 is 0 Å². The minimum atomic E-state index is 0.879. The lowest BCUT2D eigenvalue weighted by Crippen LogP contribution is -1.94. The van der Waals surface area contributed by atoms with Gasteiger partial charge in [-0.05, 0) is 18.6 Å². The second kappa shape index (κ2) is 4.01. The Morgan fingerprint density at radius 1 is 1.07 bits per heavy atom. The van der Waals surface area contributed by atoms with Gasteiger partial charge in [-0.2, -0.15) is 0 Å². The maximum atomic E-state index is 4.22. The van der Waals surface area contributed by atoms with E-state index >= 15 is 0 Å². The molecule has 0 radical (unpaired) electrons. The first-order valence-electron chi connectivity index (χ1n) is 4.66. The number of nitrogens with zero attached hydrogens (tertiary/aromatic N) is 2. The maximum absolute atomic E-state index is 4.22. The van der Waals surface area contributed by atoms with Crippen molar-refractivity contribution in [2.45, 2.75) is 13.3 Å². The number of benzene rings is 1. The van der Waals surface area contributed by atoms with Gasteiger partial charge in [0.15, 0.2) is 0 Å². The number of aromatic nitrogens is 2. The van der Waals surface area contributed by atoms with Gasteiger partial charge < -0.3 is 0 Å². The molecule has 0 aliphatic heterocycles. The molecule has 0 atom stereocenters. The van der Waals surface area contributed by atoms with Gasteiger partial charge >= 0.3 is 0 Å². The third-order valence-corrected chi connectivity index (χ3v) is 2.09. The van der Waals surface area contributed by atoms with Crippen LogP contribution in [0.2, 0.25) is 0 Å². The minimum absolute atomic E-state index is 0.879. The predicted octanol–water partition coefficient (Wildman–Crippen LogP) is 2.38. The summed E-state index contributed by atoms with van der Waals surface area (Å²) in [7, 11) is 0. The third kappa shape index (κ3) is 2.16. The summed E-state index contributed by atoms with van der Waals surface area (Å²) in [6, 6.07) is 12.4. The fourth-order valence-corrected chi connectivity index (χ4v) is 1.41. The molecule has 2 heteroatoms. The Kier molecular flexibility index (Phi) is 2.54. The van der Waals surface area contributed by atoms with E-state index in [0.29, 0.717) is 0 Å². The molecule has 0 N–H and O–H groups in total. The smallest absolute Gasteiger partial charge is 0.115 e. The molecule has 0 saturated carbocycles. The van der Waals surface area contributed by atoms with Crippen LogP contribution in [0.15, 0.2) is 42.7 Å². The van der Waals surface area contributed by atoms with Gasteiger partial charge in [-0.25, -0.2) is 9.97 Å². The van der Waals surface area contributed by atoms with E-state index in [1.165, 1.54) is 5.56 Å². The van der Waals surface area contributed by atoms with Crippen molar-refractivity contribution in [3.8, 4) is 0 Å². The van der Waals surface area contributed by atoms with E-state index in [9.17, 15) is 0 Å². The van der Waals surface area contributed by atoms with Gasteiger partial charge in [0, 0.05) is 17.8 Å². The van der Waals surface area contributed by atoms with Crippen molar-refractivity contribution in [1.29, 1.82) is 0 Å². The first kappa shape index (κ1) is 8.88. The zero-order valence-corrected chi connectivity index (χ0v) is 8.14. The molecule has 0 spiro atoms. The summed E-state index contributed by atoms with van der Waals surface area (Å²) in [5.74, 6) is 0. The van der Waals surface area contributed by atoms with E-state index in [4.69, 9.17) is 0 Å². The summed E-state index contributed by atoms with van der Waals surface area (Å²) in [6.07, 6.45) is 2.50. The summed E-state index contributed by atoms with van der Waals surface area (Å²) in [5, 5.41) is 0. The molecule has 0 bridgehead atoms. The predicted molar refractivity (Wildman–Crippen MR) is 56.0 cm³/mol. The van der Waals surface area contributed by atoms with Gasteiger partial charge in [0.05, 0.1) is 0 Å². The quantitative estimate of drug-likeness (QED) is 0.716. The highest BCUT2D eigenvalue weighted by Gasteiger charge is 1.97. The maximum Gasteiger partial charge on any atom is 0.115 e. The fraction of sp³-hybridized carbons (Fsp3) is 0.167. The molecule has 70 valence electrons. The van der Waals surface area contributed by atoms with Crippen molar-refractivity contribution in [2.75, 3.05) is 0 Å². The van der Waals surface area contributed by atoms with Crippen molar-refractivity contribution in [2.24, 2.45) is 0 Å². The van der Waals surface area contributed by atoms with Crippen molar-refractivity contribution in [1.82, 2.24) is 9.97 Å². The van der Waals surface area contributed by atoms with Crippen molar-refractivity contribution < 1.29 is 0 Å². The highest BCUT2D eigenvalue weighted by atomic mass is 14.8. The van der Waals surface area contributed by atoms with Gasteiger partial charge in [-0.15, -0.1) is 0 Å². The Bertz CT molecular complexity index is 410. The second-order valence-electron chi connectivity index (χ2n) is 3.31.